The first-order valence-electron chi connectivity index (χ1n) is 13.9. The number of hydrogen-bond acceptors (Lipinski definition) is 6. The van der Waals surface area contributed by atoms with Crippen LogP contribution in [0.5, 0.6) is 11.5 Å². The summed E-state index contributed by atoms with van der Waals surface area (Å²) >= 11 is 0. The van der Waals surface area contributed by atoms with Gasteiger partial charge in [0.15, 0.2) is 11.2 Å². The summed E-state index contributed by atoms with van der Waals surface area (Å²) in [4.78, 5) is 37.8. The van der Waals surface area contributed by atoms with E-state index in [-0.39, 0.29) is 0 Å². The Morgan fingerprint density at radius 3 is 1.34 bits per heavy atom. The summed E-state index contributed by atoms with van der Waals surface area (Å²) in [5.74, 6) is 0.401. The Hall–Kier alpha value is -5.64. The van der Waals surface area contributed by atoms with E-state index in [0.717, 1.165) is 44.8 Å². The third-order valence-corrected chi connectivity index (χ3v) is 6.77. The monoisotopic (exact) mass is 592 g/mol. The number of ether oxygens (including phenoxy) is 2. The average Bonchev–Trinajstić information content (AvgIpc) is 3.62. The van der Waals surface area contributed by atoms with E-state index in [1.165, 1.54) is 27.7 Å². The van der Waals surface area contributed by atoms with Crippen LogP contribution < -0.4 is 9.47 Å². The predicted molar refractivity (Wildman–Crippen MR) is 168 cm³/mol. The topological polar surface area (TPSA) is 150 Å². The first kappa shape index (κ1) is 29.8. The zero-order valence-electron chi connectivity index (χ0n) is 24.7. The van der Waals surface area contributed by atoms with E-state index in [2.05, 4.69) is 19.9 Å². The smallest absolute Gasteiger partial charge is 0.347 e. The molecule has 44 heavy (non-hydrogen) atoms. The van der Waals surface area contributed by atoms with E-state index >= 15 is 0 Å². The number of carboxylic acid groups (broad SMARTS) is 2. The molecule has 0 unspecified atom stereocenters. The lowest BCUT2D eigenvalue weighted by Crippen LogP contribution is -2.37. The number of carboxylic acids is 2. The average molecular weight is 593 g/mol. The number of rotatable bonds is 8. The van der Waals surface area contributed by atoms with Crippen molar-refractivity contribution in [2.75, 3.05) is 0 Å². The largest absolute Gasteiger partial charge is 0.478 e. The van der Waals surface area contributed by atoms with Crippen LogP contribution in [-0.2, 0) is 9.59 Å². The summed E-state index contributed by atoms with van der Waals surface area (Å²) in [5, 5.41) is 18.3. The van der Waals surface area contributed by atoms with Gasteiger partial charge >= 0.3 is 11.9 Å². The molecule has 0 saturated carbocycles. The van der Waals surface area contributed by atoms with Gasteiger partial charge in [-0.15, -0.1) is 0 Å². The highest BCUT2D eigenvalue weighted by Crippen LogP contribution is 2.28. The van der Waals surface area contributed by atoms with Crippen molar-refractivity contribution in [2.24, 2.45) is 0 Å². The molecule has 10 heteroatoms. The van der Waals surface area contributed by atoms with Gasteiger partial charge < -0.3 is 29.7 Å². The highest BCUT2D eigenvalue weighted by molar-refractivity contribution is 5.81. The lowest BCUT2D eigenvalue weighted by Gasteiger charge is -2.21. The molecule has 224 valence electrons. The van der Waals surface area contributed by atoms with Gasteiger partial charge in [-0.05, 0) is 76.2 Å². The van der Waals surface area contributed by atoms with Crippen molar-refractivity contribution in [1.29, 1.82) is 0 Å². The lowest BCUT2D eigenvalue weighted by molar-refractivity contribution is -0.152. The number of carbonyl (C=O) groups is 2. The van der Waals surface area contributed by atoms with Crippen molar-refractivity contribution in [3.05, 3.63) is 97.1 Å². The summed E-state index contributed by atoms with van der Waals surface area (Å²) in [6, 6.07) is 30.0. The number of H-pyrrole nitrogens is 2. The number of fused-ring (bicyclic) bond motifs is 2. The minimum Gasteiger partial charge on any atom is -0.478 e. The minimum absolute atomic E-state index is 0.491. The molecule has 4 N–H and O–H groups in total. The first-order chi connectivity index (χ1) is 20.9. The highest BCUT2D eigenvalue weighted by Gasteiger charge is 2.30. The summed E-state index contributed by atoms with van der Waals surface area (Å²) < 4.78 is 11.1. The number of imidazole rings is 2. The van der Waals surface area contributed by atoms with E-state index in [0.29, 0.717) is 11.5 Å². The van der Waals surface area contributed by atoms with Gasteiger partial charge in [0.1, 0.15) is 23.1 Å². The van der Waals surface area contributed by atoms with E-state index in [1.54, 1.807) is 24.3 Å². The molecule has 0 amide bonds. The number of para-hydroxylation sites is 4. The molecule has 0 aliphatic carbocycles. The van der Waals surface area contributed by atoms with Crippen LogP contribution in [0.25, 0.3) is 44.8 Å². The maximum atomic E-state index is 11.2. The molecule has 0 aliphatic rings. The molecule has 0 aliphatic heterocycles. The van der Waals surface area contributed by atoms with Crippen molar-refractivity contribution in [3.63, 3.8) is 0 Å². The molecular weight excluding hydrogens is 560 g/mol. The zero-order chi connectivity index (χ0) is 31.5. The molecular formula is C34H32N4O6. The molecule has 0 radical (unpaired) electrons. The molecule has 0 bridgehead atoms. The number of aromatic amines is 2. The number of aliphatic carboxylic acids is 2. The van der Waals surface area contributed by atoms with Crippen LogP contribution in [0.15, 0.2) is 97.1 Å². The fourth-order valence-corrected chi connectivity index (χ4v) is 4.27. The maximum absolute atomic E-state index is 11.2. The summed E-state index contributed by atoms with van der Waals surface area (Å²) in [7, 11) is 0. The van der Waals surface area contributed by atoms with Crippen LogP contribution >= 0.6 is 0 Å². The molecule has 6 aromatic rings. The van der Waals surface area contributed by atoms with Crippen LogP contribution in [0.3, 0.4) is 0 Å². The fraction of sp³-hybridized carbons (Fsp3) is 0.176. The Morgan fingerprint density at radius 1 is 0.591 bits per heavy atom. The summed E-state index contributed by atoms with van der Waals surface area (Å²) in [6.45, 7) is 6.07. The van der Waals surface area contributed by atoms with Crippen molar-refractivity contribution in [3.8, 4) is 34.3 Å². The molecule has 2 heterocycles. The summed E-state index contributed by atoms with van der Waals surface area (Å²) in [5.41, 5.74) is 2.79. The maximum Gasteiger partial charge on any atom is 0.347 e. The Labute approximate surface area is 253 Å². The van der Waals surface area contributed by atoms with Gasteiger partial charge in [-0.25, -0.2) is 19.6 Å². The molecule has 2 aromatic heterocycles. The second-order valence-corrected chi connectivity index (χ2v) is 11.1. The van der Waals surface area contributed by atoms with E-state index < -0.39 is 23.1 Å². The van der Waals surface area contributed by atoms with Crippen LogP contribution in [0.2, 0.25) is 0 Å². The van der Waals surface area contributed by atoms with Gasteiger partial charge in [0.05, 0.1) is 22.1 Å². The van der Waals surface area contributed by atoms with Crippen LogP contribution in [-0.4, -0.2) is 53.3 Å². The molecule has 0 saturated heterocycles. The number of aromatic nitrogens is 4. The molecule has 6 rings (SSSR count). The number of benzene rings is 4. The normalized spacial score (nSPS) is 11.5. The Bertz CT molecular complexity index is 1750. The highest BCUT2D eigenvalue weighted by atomic mass is 16.5. The van der Waals surface area contributed by atoms with Crippen molar-refractivity contribution < 1.29 is 29.3 Å². The van der Waals surface area contributed by atoms with Gasteiger partial charge in [0, 0.05) is 11.1 Å². The first-order valence-corrected chi connectivity index (χ1v) is 13.9. The fourth-order valence-electron chi connectivity index (χ4n) is 4.27. The molecule has 0 spiro atoms. The zero-order valence-corrected chi connectivity index (χ0v) is 24.7. The Balaban J connectivity index is 0.000000175. The lowest BCUT2D eigenvalue weighted by atomic mass is 10.1. The van der Waals surface area contributed by atoms with E-state index in [1.807, 2.05) is 72.8 Å². The number of nitrogens with zero attached hydrogens (tertiary/aromatic N) is 2. The molecule has 10 nitrogen and oxygen atoms in total. The van der Waals surface area contributed by atoms with Gasteiger partial charge in [-0.2, -0.15) is 0 Å². The van der Waals surface area contributed by atoms with Gasteiger partial charge in [-0.3, -0.25) is 0 Å². The summed E-state index contributed by atoms with van der Waals surface area (Å²) in [6.07, 6.45) is 0. The minimum atomic E-state index is -1.29. The number of nitrogens with one attached hydrogen (secondary N) is 2. The van der Waals surface area contributed by atoms with Crippen molar-refractivity contribution in [2.45, 2.75) is 38.9 Å². The van der Waals surface area contributed by atoms with Gasteiger partial charge in [0.2, 0.25) is 0 Å². The predicted octanol–water partition coefficient (Wildman–Crippen LogP) is 6.94. The standard InChI is InChI=1S/2C17H16N2O3/c2*1-17(2,16(20)21)22-12-7-5-6-11(10-12)15-18-13-8-3-4-9-14(13)19-15/h2*3-10H,1-2H3,(H,18,19)(H,20,21). The van der Waals surface area contributed by atoms with E-state index in [4.69, 9.17) is 19.7 Å². The van der Waals surface area contributed by atoms with Gasteiger partial charge in [0.25, 0.3) is 0 Å². The van der Waals surface area contributed by atoms with E-state index in [9.17, 15) is 9.59 Å². The number of hydrogen-bond donors (Lipinski definition) is 4. The third kappa shape index (κ3) is 6.70. The second kappa shape index (κ2) is 11.9. The van der Waals surface area contributed by atoms with Crippen LogP contribution in [0.1, 0.15) is 27.7 Å². The van der Waals surface area contributed by atoms with Crippen molar-refractivity contribution in [1.82, 2.24) is 19.9 Å². The second-order valence-electron chi connectivity index (χ2n) is 11.1. The van der Waals surface area contributed by atoms with Crippen LogP contribution in [0.4, 0.5) is 0 Å². The Morgan fingerprint density at radius 2 is 0.977 bits per heavy atom. The molecule has 4 aromatic carbocycles. The molecule has 0 fully saturated rings. The van der Waals surface area contributed by atoms with Gasteiger partial charge in [-0.1, -0.05) is 48.5 Å². The SMILES string of the molecule is CC(C)(Oc1cccc(-c2nc3ccccc3[nH]2)c1)C(=O)O.CC(C)(Oc1cccc(-c2nc3ccccc3[nH]2)c1)C(=O)O. The van der Waals surface area contributed by atoms with Crippen molar-refractivity contribution >= 4 is 34.0 Å². The quantitative estimate of drug-likeness (QED) is 0.148. The Kier molecular flexibility index (Phi) is 8.09. The van der Waals surface area contributed by atoms with Crippen LogP contribution in [0, 0.1) is 0 Å². The molecule has 0 atom stereocenters. The third-order valence-electron chi connectivity index (χ3n) is 6.77.